The molecule has 21 heavy (non-hydrogen) atoms. The van der Waals surface area contributed by atoms with Crippen LogP contribution in [0.3, 0.4) is 0 Å². The van der Waals surface area contributed by atoms with Crippen LogP contribution in [0, 0.1) is 0 Å². The van der Waals surface area contributed by atoms with Crippen molar-refractivity contribution in [2.75, 3.05) is 18.2 Å². The van der Waals surface area contributed by atoms with Crippen molar-refractivity contribution in [3.05, 3.63) is 0 Å². The Hall–Kier alpha value is 0.860. The molecule has 2 unspecified atom stereocenters. The normalized spacial score (nSPS) is 14.9. The van der Waals surface area contributed by atoms with Crippen molar-refractivity contribution in [1.82, 2.24) is 0 Å². The predicted molar refractivity (Wildman–Crippen MR) is 107 cm³/mol. The van der Waals surface area contributed by atoms with E-state index in [4.69, 9.17) is 0 Å². The molecule has 0 bridgehead atoms. The summed E-state index contributed by atoms with van der Waals surface area (Å²) in [6.07, 6.45) is 14.7. The summed E-state index contributed by atoms with van der Waals surface area (Å²) in [7, 11) is 0.593. The second-order valence-corrected chi connectivity index (χ2v) is 13.5. The van der Waals surface area contributed by atoms with Crippen LogP contribution >= 0.6 is 15.8 Å². The van der Waals surface area contributed by atoms with Gasteiger partial charge in [0.25, 0.3) is 0 Å². The zero-order chi connectivity index (χ0) is 16.1. The first kappa shape index (κ1) is 21.9. The van der Waals surface area contributed by atoms with Crippen LogP contribution in [-0.4, -0.2) is 29.5 Å². The topological polar surface area (TPSA) is 0 Å². The van der Waals surface area contributed by atoms with Crippen molar-refractivity contribution < 1.29 is 0 Å². The predicted octanol–water partition coefficient (Wildman–Crippen LogP) is 7.89. The van der Waals surface area contributed by atoms with E-state index in [1.165, 1.54) is 51.4 Å². The largest absolute Gasteiger partial charge is 0.0997 e. The van der Waals surface area contributed by atoms with Crippen molar-refractivity contribution in [2.45, 2.75) is 104 Å². The van der Waals surface area contributed by atoms with E-state index in [0.29, 0.717) is 15.8 Å². The summed E-state index contributed by atoms with van der Waals surface area (Å²) in [6, 6.07) is 0. The molecule has 0 nitrogen and oxygen atoms in total. The van der Waals surface area contributed by atoms with Crippen molar-refractivity contribution >= 4 is 15.8 Å². The Bertz CT molecular complexity index is 192. The van der Waals surface area contributed by atoms with Gasteiger partial charge in [-0.1, -0.05) is 95.9 Å². The molecule has 0 amide bonds. The molecule has 0 aromatic rings. The average molecular weight is 332 g/mol. The zero-order valence-corrected chi connectivity index (χ0v) is 17.6. The van der Waals surface area contributed by atoms with Crippen LogP contribution in [0.2, 0.25) is 0 Å². The van der Waals surface area contributed by atoms with E-state index in [-0.39, 0.29) is 0 Å². The number of hydrogen-bond donors (Lipinski definition) is 0. The molecule has 2 atom stereocenters. The van der Waals surface area contributed by atoms with Gasteiger partial charge in [-0.25, -0.2) is 0 Å². The minimum absolute atomic E-state index is 0.296. The Balaban J connectivity index is 4.19. The molecule has 0 rings (SSSR count). The Morgan fingerprint density at radius 3 is 1.24 bits per heavy atom. The Morgan fingerprint density at radius 2 is 0.952 bits per heavy atom. The smallest absolute Gasteiger partial charge is 0.0116 e. The monoisotopic (exact) mass is 332 g/mol. The summed E-state index contributed by atoms with van der Waals surface area (Å²) >= 11 is 0. The standard InChI is InChI=1S/C19H42P2/c1-7-9-11-13-15-20(18(3)4)17-21(19(5)6)16-14-12-10-8-2/h18-19H,7-17H2,1-6H3. The first-order valence-corrected chi connectivity index (χ1v) is 13.1. The second kappa shape index (κ2) is 14.5. The van der Waals surface area contributed by atoms with Crippen LogP contribution in [-0.2, 0) is 0 Å². The van der Waals surface area contributed by atoms with Crippen molar-refractivity contribution in [3.63, 3.8) is 0 Å². The van der Waals surface area contributed by atoms with Crippen molar-refractivity contribution in [3.8, 4) is 0 Å². The minimum Gasteiger partial charge on any atom is -0.0997 e. The summed E-state index contributed by atoms with van der Waals surface area (Å²) in [5, 5.41) is 0. The molecule has 0 heterocycles. The molecule has 0 fully saturated rings. The molecular formula is C19H42P2. The molecule has 0 saturated heterocycles. The van der Waals surface area contributed by atoms with Gasteiger partial charge < -0.3 is 0 Å². The Labute approximate surface area is 138 Å². The molecule has 0 N–H and O–H groups in total. The van der Waals surface area contributed by atoms with Crippen LogP contribution in [0.1, 0.15) is 92.9 Å². The highest BCUT2D eigenvalue weighted by Crippen LogP contribution is 2.56. The molecule has 0 aromatic carbocycles. The van der Waals surface area contributed by atoms with Crippen LogP contribution in [0.25, 0.3) is 0 Å². The lowest BCUT2D eigenvalue weighted by Crippen LogP contribution is -2.07. The first-order chi connectivity index (χ1) is 10.0. The maximum Gasteiger partial charge on any atom is -0.0116 e. The van der Waals surface area contributed by atoms with E-state index in [0.717, 1.165) is 11.3 Å². The Kier molecular flexibility index (Phi) is 15.0. The highest BCUT2D eigenvalue weighted by molar-refractivity contribution is 7.75. The van der Waals surface area contributed by atoms with E-state index in [9.17, 15) is 0 Å². The van der Waals surface area contributed by atoms with Crippen molar-refractivity contribution in [2.24, 2.45) is 0 Å². The van der Waals surface area contributed by atoms with Gasteiger partial charge in [-0.05, 0) is 42.4 Å². The molecule has 0 aliphatic rings. The van der Waals surface area contributed by atoms with Crippen LogP contribution in [0.15, 0.2) is 0 Å². The van der Waals surface area contributed by atoms with Gasteiger partial charge in [0.05, 0.1) is 0 Å². The fourth-order valence-electron chi connectivity index (χ4n) is 2.70. The van der Waals surface area contributed by atoms with Crippen LogP contribution in [0.5, 0.6) is 0 Å². The summed E-state index contributed by atoms with van der Waals surface area (Å²) in [5.41, 5.74) is 1.89. The van der Waals surface area contributed by atoms with E-state index >= 15 is 0 Å². The van der Waals surface area contributed by atoms with Crippen molar-refractivity contribution in [1.29, 1.82) is 0 Å². The van der Waals surface area contributed by atoms with Gasteiger partial charge in [-0.3, -0.25) is 0 Å². The third kappa shape index (κ3) is 12.0. The van der Waals surface area contributed by atoms with Gasteiger partial charge in [0.2, 0.25) is 0 Å². The lowest BCUT2D eigenvalue weighted by molar-refractivity contribution is 0.702. The van der Waals surface area contributed by atoms with E-state index in [1.807, 2.05) is 0 Å². The van der Waals surface area contributed by atoms with E-state index in [2.05, 4.69) is 41.5 Å². The van der Waals surface area contributed by atoms with Gasteiger partial charge in [-0.2, -0.15) is 0 Å². The number of rotatable bonds is 14. The van der Waals surface area contributed by atoms with Gasteiger partial charge in [0.1, 0.15) is 0 Å². The third-order valence-electron chi connectivity index (χ3n) is 4.42. The molecule has 0 aliphatic heterocycles. The fraction of sp³-hybridized carbons (Fsp3) is 1.00. The molecule has 128 valence electrons. The summed E-state index contributed by atoms with van der Waals surface area (Å²) < 4.78 is 0. The van der Waals surface area contributed by atoms with Gasteiger partial charge in [0.15, 0.2) is 0 Å². The summed E-state index contributed by atoms with van der Waals surface area (Å²) in [5.74, 6) is 1.61. The average Bonchev–Trinajstić information content (AvgIpc) is 2.44. The molecule has 0 radical (unpaired) electrons. The maximum absolute atomic E-state index is 2.48. The molecule has 2 heteroatoms. The molecule has 0 aromatic heterocycles. The van der Waals surface area contributed by atoms with Gasteiger partial charge in [0, 0.05) is 0 Å². The quantitative estimate of drug-likeness (QED) is 0.224. The minimum atomic E-state index is 0.296. The van der Waals surface area contributed by atoms with Gasteiger partial charge >= 0.3 is 0 Å². The molecular weight excluding hydrogens is 290 g/mol. The second-order valence-electron chi connectivity index (χ2n) is 7.07. The maximum atomic E-state index is 2.48. The lowest BCUT2D eigenvalue weighted by atomic mass is 10.2. The zero-order valence-electron chi connectivity index (χ0n) is 15.8. The SMILES string of the molecule is CCCCCCP(CP(CCCCCC)C(C)C)C(C)C. The molecule has 0 saturated carbocycles. The third-order valence-corrected chi connectivity index (χ3v) is 12.0. The van der Waals surface area contributed by atoms with E-state index < -0.39 is 0 Å². The van der Waals surface area contributed by atoms with Crippen LogP contribution in [0.4, 0.5) is 0 Å². The summed E-state index contributed by atoms with van der Waals surface area (Å²) in [4.78, 5) is 0. The molecule has 0 aliphatic carbocycles. The highest BCUT2D eigenvalue weighted by atomic mass is 31.2. The first-order valence-electron chi connectivity index (χ1n) is 9.50. The Morgan fingerprint density at radius 1 is 0.571 bits per heavy atom. The number of unbranched alkanes of at least 4 members (excludes halogenated alkanes) is 6. The molecule has 0 spiro atoms. The summed E-state index contributed by atoms with van der Waals surface area (Å²) in [6.45, 7) is 14.6. The number of hydrogen-bond acceptors (Lipinski definition) is 0. The van der Waals surface area contributed by atoms with Crippen LogP contribution < -0.4 is 0 Å². The lowest BCUT2D eigenvalue weighted by Gasteiger charge is -2.30. The fourth-order valence-corrected chi connectivity index (χ4v) is 10.6. The highest BCUT2D eigenvalue weighted by Gasteiger charge is 2.20. The van der Waals surface area contributed by atoms with E-state index in [1.54, 1.807) is 18.2 Å². The van der Waals surface area contributed by atoms with Gasteiger partial charge in [-0.15, -0.1) is 0 Å².